The lowest BCUT2D eigenvalue weighted by Gasteiger charge is -2.10. The van der Waals surface area contributed by atoms with E-state index in [0.29, 0.717) is 0 Å². The summed E-state index contributed by atoms with van der Waals surface area (Å²) in [4.78, 5) is 9.52. The van der Waals surface area contributed by atoms with Crippen LogP contribution in [0.2, 0.25) is 0 Å². The molecule has 2 aromatic carbocycles. The first-order chi connectivity index (χ1) is 9.79. The second kappa shape index (κ2) is 5.37. The summed E-state index contributed by atoms with van der Waals surface area (Å²) in [6.07, 6.45) is 0. The van der Waals surface area contributed by atoms with E-state index in [1.165, 1.54) is 12.1 Å². The van der Waals surface area contributed by atoms with Gasteiger partial charge in [-0.3, -0.25) is 14.8 Å². The number of nitrogens with zero attached hydrogens (tertiary/aromatic N) is 1. The van der Waals surface area contributed by atoms with Crippen LogP contribution >= 0.6 is 0 Å². The Balaban J connectivity index is 2.44. The van der Waals surface area contributed by atoms with Crippen LogP contribution in [-0.2, 0) is 10.0 Å². The third-order valence-electron chi connectivity index (χ3n) is 2.57. The fourth-order valence-corrected chi connectivity index (χ4v) is 2.83. The number of hydrogen-bond acceptors (Lipinski definition) is 5. The van der Waals surface area contributed by atoms with Crippen molar-refractivity contribution in [3.05, 3.63) is 58.4 Å². The van der Waals surface area contributed by atoms with Crippen molar-refractivity contribution in [3.63, 3.8) is 0 Å². The van der Waals surface area contributed by atoms with E-state index in [9.17, 15) is 22.9 Å². The Morgan fingerprint density at radius 2 is 1.90 bits per heavy atom. The Bertz CT molecular complexity index is 808. The van der Waals surface area contributed by atoms with Crippen LogP contribution in [0.3, 0.4) is 0 Å². The van der Waals surface area contributed by atoms with Gasteiger partial charge in [0.1, 0.15) is 10.7 Å². The van der Waals surface area contributed by atoms with E-state index in [2.05, 4.69) is 4.72 Å². The molecule has 0 fully saturated rings. The number of non-ortho nitro benzene ring substituents is 1. The van der Waals surface area contributed by atoms with Crippen LogP contribution in [0, 0.1) is 15.9 Å². The van der Waals surface area contributed by atoms with Gasteiger partial charge in [0, 0.05) is 12.1 Å². The molecule has 0 spiro atoms. The van der Waals surface area contributed by atoms with Crippen molar-refractivity contribution in [1.82, 2.24) is 0 Å². The van der Waals surface area contributed by atoms with Gasteiger partial charge in [0.25, 0.3) is 15.7 Å². The number of nitrogens with two attached hydrogens (primary N) is 1. The van der Waals surface area contributed by atoms with Gasteiger partial charge in [-0.2, -0.15) is 0 Å². The highest BCUT2D eigenvalue weighted by Crippen LogP contribution is 2.26. The number of nitrogen functional groups attached to an aromatic ring is 1. The van der Waals surface area contributed by atoms with Crippen LogP contribution < -0.4 is 10.5 Å². The fourth-order valence-electron chi connectivity index (χ4n) is 1.63. The third-order valence-corrected chi connectivity index (χ3v) is 4.01. The molecule has 110 valence electrons. The maximum absolute atomic E-state index is 13.0. The van der Waals surface area contributed by atoms with Crippen molar-refractivity contribution in [2.24, 2.45) is 0 Å². The van der Waals surface area contributed by atoms with Crippen LogP contribution in [0.1, 0.15) is 0 Å². The molecule has 9 heteroatoms. The number of nitrogens with one attached hydrogen (secondary N) is 1. The highest BCUT2D eigenvalue weighted by molar-refractivity contribution is 7.92. The summed E-state index contributed by atoms with van der Waals surface area (Å²) in [6, 6.07) is 7.86. The van der Waals surface area contributed by atoms with Crippen molar-refractivity contribution in [1.29, 1.82) is 0 Å². The minimum atomic E-state index is -4.16. The Labute approximate surface area is 119 Å². The second-order valence-electron chi connectivity index (χ2n) is 4.10. The number of halogens is 1. The molecule has 2 aromatic rings. The van der Waals surface area contributed by atoms with E-state index >= 15 is 0 Å². The molecule has 0 aromatic heterocycles. The van der Waals surface area contributed by atoms with Gasteiger partial charge in [0.05, 0.1) is 16.3 Å². The van der Waals surface area contributed by atoms with Crippen molar-refractivity contribution in [3.8, 4) is 0 Å². The van der Waals surface area contributed by atoms with Crippen LogP contribution in [-0.4, -0.2) is 13.3 Å². The van der Waals surface area contributed by atoms with E-state index in [4.69, 9.17) is 5.73 Å². The van der Waals surface area contributed by atoms with Gasteiger partial charge in [-0.1, -0.05) is 6.07 Å². The minimum Gasteiger partial charge on any atom is -0.398 e. The summed E-state index contributed by atoms with van der Waals surface area (Å²) in [5.74, 6) is -0.623. The van der Waals surface area contributed by atoms with Crippen LogP contribution in [0.4, 0.5) is 21.5 Å². The van der Waals surface area contributed by atoms with E-state index in [-0.39, 0.29) is 11.4 Å². The Morgan fingerprint density at radius 3 is 2.52 bits per heavy atom. The molecule has 0 unspecified atom stereocenters. The zero-order valence-electron chi connectivity index (χ0n) is 10.5. The third kappa shape index (κ3) is 3.26. The van der Waals surface area contributed by atoms with Gasteiger partial charge < -0.3 is 5.73 Å². The van der Waals surface area contributed by atoms with Crippen molar-refractivity contribution < 1.29 is 17.7 Å². The first-order valence-corrected chi connectivity index (χ1v) is 7.10. The number of sulfonamides is 1. The average Bonchev–Trinajstić information content (AvgIpc) is 2.38. The van der Waals surface area contributed by atoms with Crippen molar-refractivity contribution >= 4 is 27.1 Å². The van der Waals surface area contributed by atoms with Crippen LogP contribution in [0.15, 0.2) is 47.4 Å². The van der Waals surface area contributed by atoms with Crippen LogP contribution in [0.5, 0.6) is 0 Å². The van der Waals surface area contributed by atoms with E-state index < -0.39 is 31.3 Å². The zero-order chi connectivity index (χ0) is 15.6. The molecule has 0 radical (unpaired) electrons. The van der Waals surface area contributed by atoms with Gasteiger partial charge in [-0.15, -0.1) is 0 Å². The predicted octanol–water partition coefficient (Wildman–Crippen LogP) is 2.12. The average molecular weight is 311 g/mol. The number of nitro groups is 1. The molecule has 7 nitrogen and oxygen atoms in total. The molecule has 0 saturated carbocycles. The molecule has 0 amide bonds. The zero-order valence-corrected chi connectivity index (χ0v) is 11.3. The quantitative estimate of drug-likeness (QED) is 0.510. The maximum Gasteiger partial charge on any atom is 0.270 e. The number of benzene rings is 2. The molecule has 0 saturated heterocycles. The summed E-state index contributed by atoms with van der Waals surface area (Å²) < 4.78 is 39.5. The molecule has 21 heavy (non-hydrogen) atoms. The fraction of sp³-hybridized carbons (Fsp3) is 0. The van der Waals surface area contributed by atoms with Gasteiger partial charge in [0.2, 0.25) is 0 Å². The number of rotatable bonds is 4. The van der Waals surface area contributed by atoms with Crippen molar-refractivity contribution in [2.75, 3.05) is 10.5 Å². The summed E-state index contributed by atoms with van der Waals surface area (Å²) in [5.41, 5.74) is 4.97. The molecule has 3 N–H and O–H groups in total. The molecule has 0 atom stereocenters. The summed E-state index contributed by atoms with van der Waals surface area (Å²) in [5, 5.41) is 10.7. The lowest BCUT2D eigenvalue weighted by molar-refractivity contribution is -0.385. The standard InChI is InChI=1S/C12H10FN3O4S/c13-8-2-1-3-9(6-8)15-21(19,20)12-7-10(16(17)18)4-5-11(12)14/h1-7,15H,14H2. The Kier molecular flexibility index (Phi) is 3.76. The SMILES string of the molecule is Nc1ccc([N+](=O)[O-])cc1S(=O)(=O)Nc1cccc(F)c1. The number of anilines is 2. The summed E-state index contributed by atoms with van der Waals surface area (Å²) >= 11 is 0. The number of nitro benzene ring substituents is 1. The van der Waals surface area contributed by atoms with E-state index in [0.717, 1.165) is 30.3 Å². The molecular weight excluding hydrogens is 301 g/mol. The number of hydrogen-bond donors (Lipinski definition) is 2. The van der Waals surface area contributed by atoms with E-state index in [1.54, 1.807) is 0 Å². The van der Waals surface area contributed by atoms with Gasteiger partial charge in [-0.05, 0) is 24.3 Å². The van der Waals surface area contributed by atoms with Gasteiger partial charge >= 0.3 is 0 Å². The smallest absolute Gasteiger partial charge is 0.270 e. The Morgan fingerprint density at radius 1 is 1.19 bits per heavy atom. The molecule has 0 bridgehead atoms. The first kappa shape index (κ1) is 14.7. The second-order valence-corrected chi connectivity index (χ2v) is 5.75. The van der Waals surface area contributed by atoms with Crippen LogP contribution in [0.25, 0.3) is 0 Å². The topological polar surface area (TPSA) is 115 Å². The monoisotopic (exact) mass is 311 g/mol. The molecule has 0 heterocycles. The molecule has 0 aliphatic rings. The first-order valence-electron chi connectivity index (χ1n) is 5.62. The minimum absolute atomic E-state index is 0.0130. The molecule has 2 rings (SSSR count). The molecule has 0 aliphatic carbocycles. The highest BCUT2D eigenvalue weighted by Gasteiger charge is 2.21. The van der Waals surface area contributed by atoms with E-state index in [1.807, 2.05) is 0 Å². The Hall–Kier alpha value is -2.68. The van der Waals surface area contributed by atoms with Gasteiger partial charge in [-0.25, -0.2) is 12.8 Å². The van der Waals surface area contributed by atoms with Crippen molar-refractivity contribution in [2.45, 2.75) is 4.90 Å². The molecule has 0 aliphatic heterocycles. The summed E-state index contributed by atoms with van der Waals surface area (Å²) in [6.45, 7) is 0. The normalized spacial score (nSPS) is 11.1. The predicted molar refractivity (Wildman–Crippen MR) is 74.7 cm³/mol. The molecular formula is C12H10FN3O4S. The largest absolute Gasteiger partial charge is 0.398 e. The lowest BCUT2D eigenvalue weighted by atomic mass is 10.3. The van der Waals surface area contributed by atoms with Gasteiger partial charge in [0.15, 0.2) is 0 Å². The summed E-state index contributed by atoms with van der Waals surface area (Å²) in [7, 11) is -4.16. The maximum atomic E-state index is 13.0. The highest BCUT2D eigenvalue weighted by atomic mass is 32.2. The lowest BCUT2D eigenvalue weighted by Crippen LogP contribution is -2.15.